The van der Waals surface area contributed by atoms with E-state index in [0.29, 0.717) is 39.2 Å². The van der Waals surface area contributed by atoms with Crippen molar-refractivity contribution in [2.45, 2.75) is 24.8 Å². The molecule has 28 heavy (non-hydrogen) atoms. The van der Waals surface area contributed by atoms with Gasteiger partial charge in [0.05, 0.1) is 17.8 Å². The van der Waals surface area contributed by atoms with Crippen molar-refractivity contribution in [1.82, 2.24) is 9.80 Å². The van der Waals surface area contributed by atoms with Crippen LogP contribution in [0, 0.1) is 11.6 Å². The summed E-state index contributed by atoms with van der Waals surface area (Å²) in [4.78, 5) is 28.8. The third-order valence-corrected chi connectivity index (χ3v) is 5.22. The molecule has 3 rings (SSSR count). The van der Waals surface area contributed by atoms with Crippen LogP contribution in [0.15, 0.2) is 18.2 Å². The molecule has 1 aromatic carbocycles. The Hall–Kier alpha value is -2.26. The molecular formula is C19H25F2N3O4. The number of nitrogens with zero attached hydrogens (tertiary/aromatic N) is 2. The van der Waals surface area contributed by atoms with Gasteiger partial charge in [0.2, 0.25) is 5.91 Å². The highest BCUT2D eigenvalue weighted by Crippen LogP contribution is 2.31. The molecule has 2 heterocycles. The lowest BCUT2D eigenvalue weighted by molar-refractivity contribution is -0.136. The third kappa shape index (κ3) is 4.41. The fourth-order valence-electron chi connectivity index (χ4n) is 3.77. The van der Waals surface area contributed by atoms with Gasteiger partial charge in [0.25, 0.3) is 0 Å². The number of methoxy groups -OCH3 is 1. The van der Waals surface area contributed by atoms with Crippen LogP contribution in [0.2, 0.25) is 0 Å². The van der Waals surface area contributed by atoms with Gasteiger partial charge in [-0.2, -0.15) is 0 Å². The Morgan fingerprint density at radius 1 is 1.39 bits per heavy atom. The molecule has 7 nitrogen and oxygen atoms in total. The van der Waals surface area contributed by atoms with E-state index in [1.54, 1.807) is 12.0 Å². The number of nitrogens with one attached hydrogen (secondary N) is 1. The van der Waals surface area contributed by atoms with Crippen molar-refractivity contribution in [3.05, 3.63) is 29.8 Å². The maximum Gasteiger partial charge on any atom is 0.322 e. The van der Waals surface area contributed by atoms with Gasteiger partial charge >= 0.3 is 6.03 Å². The molecule has 154 valence electrons. The van der Waals surface area contributed by atoms with Crippen molar-refractivity contribution >= 4 is 17.6 Å². The van der Waals surface area contributed by atoms with E-state index < -0.39 is 23.2 Å². The molecule has 0 bridgehead atoms. The molecule has 1 atom stereocenters. The predicted octanol–water partition coefficient (Wildman–Crippen LogP) is 2.23. The number of halogens is 2. The quantitative estimate of drug-likeness (QED) is 0.774. The summed E-state index contributed by atoms with van der Waals surface area (Å²) in [5, 5.41) is 2.42. The first kappa shape index (κ1) is 20.5. The van der Waals surface area contributed by atoms with E-state index in [9.17, 15) is 18.4 Å². The van der Waals surface area contributed by atoms with Crippen molar-refractivity contribution in [3.63, 3.8) is 0 Å². The highest BCUT2D eigenvalue weighted by molar-refractivity contribution is 5.90. The summed E-state index contributed by atoms with van der Waals surface area (Å²) in [6.07, 6.45) is 1.46. The third-order valence-electron chi connectivity index (χ3n) is 5.22. The fraction of sp³-hybridized carbons (Fsp3) is 0.579. The average Bonchev–Trinajstić information content (AvgIpc) is 3.08. The Labute approximate surface area is 162 Å². The molecule has 1 unspecified atom stereocenters. The van der Waals surface area contributed by atoms with E-state index in [0.717, 1.165) is 18.2 Å². The van der Waals surface area contributed by atoms with Crippen LogP contribution in [0.3, 0.4) is 0 Å². The van der Waals surface area contributed by atoms with Crippen LogP contribution < -0.4 is 5.32 Å². The highest BCUT2D eigenvalue weighted by atomic mass is 19.1. The zero-order valence-electron chi connectivity index (χ0n) is 15.9. The van der Waals surface area contributed by atoms with Crippen LogP contribution in [-0.4, -0.2) is 73.8 Å². The number of amides is 3. The lowest BCUT2D eigenvalue weighted by Gasteiger charge is -2.40. The normalized spacial score (nSPS) is 22.6. The van der Waals surface area contributed by atoms with Gasteiger partial charge in [-0.05, 0) is 25.0 Å². The zero-order valence-corrected chi connectivity index (χ0v) is 15.9. The maximum absolute atomic E-state index is 13.9. The SMILES string of the molecule is COCCCN1C(=O)CCN(C(=O)Nc2cc(F)ccc2F)CC12CCOC2. The summed E-state index contributed by atoms with van der Waals surface area (Å²) in [6, 6.07) is 2.31. The van der Waals surface area contributed by atoms with E-state index in [1.807, 2.05) is 0 Å². The lowest BCUT2D eigenvalue weighted by Crippen LogP contribution is -2.57. The molecule has 2 saturated heterocycles. The second-order valence-electron chi connectivity index (χ2n) is 7.14. The van der Waals surface area contributed by atoms with Gasteiger partial charge in [0.15, 0.2) is 0 Å². The van der Waals surface area contributed by atoms with Crippen molar-refractivity contribution in [2.75, 3.05) is 51.9 Å². The highest BCUT2D eigenvalue weighted by Gasteiger charge is 2.46. The number of hydrogen-bond donors (Lipinski definition) is 1. The van der Waals surface area contributed by atoms with Crippen molar-refractivity contribution < 1.29 is 27.8 Å². The zero-order chi connectivity index (χ0) is 20.1. The first-order valence-electron chi connectivity index (χ1n) is 9.33. The molecule has 1 spiro atoms. The average molecular weight is 397 g/mol. The summed E-state index contributed by atoms with van der Waals surface area (Å²) >= 11 is 0. The van der Waals surface area contributed by atoms with Crippen LogP contribution in [-0.2, 0) is 14.3 Å². The summed E-state index contributed by atoms with van der Waals surface area (Å²) in [5.41, 5.74) is -0.840. The van der Waals surface area contributed by atoms with Gasteiger partial charge in [0.1, 0.15) is 11.6 Å². The Kier molecular flexibility index (Phi) is 6.46. The molecule has 0 aromatic heterocycles. The number of hydrogen-bond acceptors (Lipinski definition) is 4. The molecule has 2 aliphatic rings. The number of rotatable bonds is 5. The van der Waals surface area contributed by atoms with E-state index >= 15 is 0 Å². The molecule has 3 amide bonds. The molecule has 9 heteroatoms. The minimum Gasteiger partial charge on any atom is -0.385 e. The second kappa shape index (κ2) is 8.83. The van der Waals surface area contributed by atoms with E-state index in [1.165, 1.54) is 4.90 Å². The van der Waals surface area contributed by atoms with Gasteiger partial charge < -0.3 is 24.6 Å². The first-order chi connectivity index (χ1) is 13.4. The number of urea groups is 1. The Bertz CT molecular complexity index is 725. The minimum atomic E-state index is -0.722. The molecule has 1 N–H and O–H groups in total. The summed E-state index contributed by atoms with van der Waals surface area (Å²) < 4.78 is 37.9. The topological polar surface area (TPSA) is 71.1 Å². The number of carbonyl (C=O) groups is 2. The summed E-state index contributed by atoms with van der Waals surface area (Å²) in [7, 11) is 1.61. The first-order valence-corrected chi connectivity index (χ1v) is 9.33. The van der Waals surface area contributed by atoms with Crippen LogP contribution in [0.4, 0.5) is 19.3 Å². The van der Waals surface area contributed by atoms with Gasteiger partial charge in [-0.1, -0.05) is 0 Å². The van der Waals surface area contributed by atoms with Gasteiger partial charge in [-0.3, -0.25) is 4.79 Å². The molecule has 1 aromatic rings. The predicted molar refractivity (Wildman–Crippen MR) is 97.9 cm³/mol. The Balaban J connectivity index is 1.77. The Morgan fingerprint density at radius 3 is 2.93 bits per heavy atom. The number of anilines is 1. The van der Waals surface area contributed by atoms with Crippen LogP contribution in [0.25, 0.3) is 0 Å². The number of benzene rings is 1. The van der Waals surface area contributed by atoms with E-state index in [4.69, 9.17) is 9.47 Å². The van der Waals surface area contributed by atoms with Gasteiger partial charge in [0, 0.05) is 52.4 Å². The molecule has 0 saturated carbocycles. The van der Waals surface area contributed by atoms with Crippen molar-refractivity contribution in [2.24, 2.45) is 0 Å². The van der Waals surface area contributed by atoms with Crippen LogP contribution in [0.5, 0.6) is 0 Å². The largest absolute Gasteiger partial charge is 0.385 e. The second-order valence-corrected chi connectivity index (χ2v) is 7.14. The molecule has 0 radical (unpaired) electrons. The van der Waals surface area contributed by atoms with E-state index in [2.05, 4.69) is 5.32 Å². The molecule has 2 aliphatic heterocycles. The summed E-state index contributed by atoms with van der Waals surface area (Å²) in [6.45, 7) is 2.36. The maximum atomic E-state index is 13.9. The smallest absolute Gasteiger partial charge is 0.322 e. The molecular weight excluding hydrogens is 372 g/mol. The minimum absolute atomic E-state index is 0.0474. The Morgan fingerprint density at radius 2 is 2.21 bits per heavy atom. The van der Waals surface area contributed by atoms with Crippen molar-refractivity contribution in [3.8, 4) is 0 Å². The molecule has 0 aliphatic carbocycles. The number of carbonyl (C=O) groups excluding carboxylic acids is 2. The number of ether oxygens (including phenoxy) is 2. The lowest BCUT2D eigenvalue weighted by atomic mass is 9.95. The van der Waals surface area contributed by atoms with E-state index in [-0.39, 0.29) is 31.1 Å². The fourth-order valence-corrected chi connectivity index (χ4v) is 3.77. The standard InChI is InChI=1S/C19H25F2N3O4/c1-27-9-2-7-24-17(25)5-8-23(12-19(24)6-10-28-13-19)18(26)22-16-11-14(20)3-4-15(16)21/h3-4,11H,2,5-10,12-13H2,1H3,(H,22,26). The van der Waals surface area contributed by atoms with Gasteiger partial charge in [-0.25, -0.2) is 13.6 Å². The van der Waals surface area contributed by atoms with Crippen LogP contribution >= 0.6 is 0 Å². The van der Waals surface area contributed by atoms with Crippen molar-refractivity contribution in [1.29, 1.82) is 0 Å². The summed E-state index contributed by atoms with van der Waals surface area (Å²) in [5.74, 6) is -1.41. The molecule has 2 fully saturated rings. The monoisotopic (exact) mass is 397 g/mol. The van der Waals surface area contributed by atoms with Gasteiger partial charge in [-0.15, -0.1) is 0 Å². The van der Waals surface area contributed by atoms with Crippen LogP contribution in [0.1, 0.15) is 19.3 Å².